The number of rotatable bonds is 1. The van der Waals surface area contributed by atoms with Crippen molar-refractivity contribution in [2.45, 2.75) is 0 Å². The average Bonchev–Trinajstić information content (AvgIpc) is 2.30. The summed E-state index contributed by atoms with van der Waals surface area (Å²) in [5.41, 5.74) is 1.69. The maximum Gasteiger partial charge on any atom is 0.149 e. The lowest BCUT2D eigenvalue weighted by molar-refractivity contribution is 1.24. The molecule has 0 saturated heterocycles. The van der Waals surface area contributed by atoms with Gasteiger partial charge < -0.3 is 0 Å². The molecule has 2 rings (SSSR count). The summed E-state index contributed by atoms with van der Waals surface area (Å²) in [6.45, 7) is 0. The van der Waals surface area contributed by atoms with Gasteiger partial charge in [-0.2, -0.15) is 5.26 Å². The first-order valence-corrected chi connectivity index (χ1v) is 4.66. The standard InChI is InChI=1S/C11H6ClN3/c12-8-5-9(11(6-13)15-7-8)10-3-1-2-4-14-10/h1-5,7H. The second-order valence-electron chi connectivity index (χ2n) is 2.88. The molecule has 0 aliphatic rings. The van der Waals surface area contributed by atoms with Crippen LogP contribution in [0.1, 0.15) is 5.69 Å². The highest BCUT2D eigenvalue weighted by Crippen LogP contribution is 2.22. The highest BCUT2D eigenvalue weighted by molar-refractivity contribution is 6.30. The quantitative estimate of drug-likeness (QED) is 0.735. The van der Waals surface area contributed by atoms with Crippen molar-refractivity contribution in [3.05, 3.63) is 47.4 Å². The highest BCUT2D eigenvalue weighted by atomic mass is 35.5. The fourth-order valence-corrected chi connectivity index (χ4v) is 1.40. The summed E-state index contributed by atoms with van der Waals surface area (Å²) >= 11 is 5.82. The third-order valence-electron chi connectivity index (χ3n) is 1.90. The first-order chi connectivity index (χ1) is 7.31. The molecular formula is C11H6ClN3. The predicted octanol–water partition coefficient (Wildman–Crippen LogP) is 2.67. The Kier molecular flexibility index (Phi) is 2.61. The molecule has 0 atom stereocenters. The minimum absolute atomic E-state index is 0.332. The van der Waals surface area contributed by atoms with Crippen molar-refractivity contribution >= 4 is 11.6 Å². The molecule has 3 nitrogen and oxygen atoms in total. The SMILES string of the molecule is N#Cc1ncc(Cl)cc1-c1ccccn1. The van der Waals surface area contributed by atoms with Gasteiger partial charge >= 0.3 is 0 Å². The molecule has 0 aromatic carbocycles. The Labute approximate surface area is 92.0 Å². The van der Waals surface area contributed by atoms with Gasteiger partial charge in [-0.15, -0.1) is 0 Å². The maximum absolute atomic E-state index is 8.89. The van der Waals surface area contributed by atoms with E-state index in [0.29, 0.717) is 22.0 Å². The van der Waals surface area contributed by atoms with Gasteiger partial charge in [0.05, 0.1) is 10.7 Å². The van der Waals surface area contributed by atoms with Gasteiger partial charge in [0.1, 0.15) is 11.8 Å². The molecule has 2 aromatic heterocycles. The first-order valence-electron chi connectivity index (χ1n) is 4.28. The molecule has 0 spiro atoms. The second kappa shape index (κ2) is 4.07. The number of hydrogen-bond donors (Lipinski definition) is 0. The van der Waals surface area contributed by atoms with Crippen LogP contribution in [0.5, 0.6) is 0 Å². The van der Waals surface area contributed by atoms with Crippen molar-refractivity contribution in [1.82, 2.24) is 9.97 Å². The van der Waals surface area contributed by atoms with Crippen LogP contribution in [0.2, 0.25) is 5.02 Å². The molecule has 4 heteroatoms. The number of hydrogen-bond acceptors (Lipinski definition) is 3. The fraction of sp³-hybridized carbons (Fsp3) is 0. The lowest BCUT2D eigenvalue weighted by Gasteiger charge is -2.02. The zero-order valence-corrected chi connectivity index (χ0v) is 8.44. The van der Waals surface area contributed by atoms with E-state index in [1.54, 1.807) is 12.3 Å². The smallest absolute Gasteiger partial charge is 0.149 e. The molecule has 15 heavy (non-hydrogen) atoms. The average molecular weight is 216 g/mol. The van der Waals surface area contributed by atoms with Gasteiger partial charge in [0.15, 0.2) is 0 Å². The third-order valence-corrected chi connectivity index (χ3v) is 2.11. The Morgan fingerprint density at radius 2 is 2.13 bits per heavy atom. The van der Waals surface area contributed by atoms with E-state index in [-0.39, 0.29) is 0 Å². The Bertz CT molecular complexity index is 517. The monoisotopic (exact) mass is 215 g/mol. The van der Waals surface area contributed by atoms with Crippen molar-refractivity contribution in [3.63, 3.8) is 0 Å². The van der Waals surface area contributed by atoms with Gasteiger partial charge in [-0.05, 0) is 18.2 Å². The highest BCUT2D eigenvalue weighted by Gasteiger charge is 2.07. The van der Waals surface area contributed by atoms with Crippen molar-refractivity contribution in [1.29, 1.82) is 5.26 Å². The molecule has 72 valence electrons. The summed E-state index contributed by atoms with van der Waals surface area (Å²) in [6, 6.07) is 9.18. The van der Waals surface area contributed by atoms with Crippen LogP contribution in [-0.2, 0) is 0 Å². The summed E-state index contributed by atoms with van der Waals surface area (Å²) in [5.74, 6) is 0. The minimum Gasteiger partial charge on any atom is -0.256 e. The Morgan fingerprint density at radius 1 is 1.27 bits per heavy atom. The lowest BCUT2D eigenvalue weighted by atomic mass is 10.1. The van der Waals surface area contributed by atoms with Gasteiger partial charge in [0, 0.05) is 18.0 Å². The lowest BCUT2D eigenvalue weighted by Crippen LogP contribution is -1.90. The zero-order valence-electron chi connectivity index (χ0n) is 7.68. The van der Waals surface area contributed by atoms with E-state index in [0.717, 1.165) is 0 Å². The number of halogens is 1. The van der Waals surface area contributed by atoms with Gasteiger partial charge in [-0.1, -0.05) is 17.7 Å². The summed E-state index contributed by atoms with van der Waals surface area (Å²) in [5, 5.41) is 9.38. The molecule has 0 N–H and O–H groups in total. The van der Waals surface area contributed by atoms with Crippen LogP contribution >= 0.6 is 11.6 Å². The summed E-state index contributed by atoms with van der Waals surface area (Å²) in [7, 11) is 0. The fourth-order valence-electron chi connectivity index (χ4n) is 1.25. The Hall–Kier alpha value is -1.92. The minimum atomic E-state index is 0.332. The number of nitrogens with zero attached hydrogens (tertiary/aromatic N) is 3. The van der Waals surface area contributed by atoms with Crippen molar-refractivity contribution in [3.8, 4) is 17.3 Å². The van der Waals surface area contributed by atoms with Crippen LogP contribution in [0, 0.1) is 11.3 Å². The Morgan fingerprint density at radius 3 is 2.80 bits per heavy atom. The molecule has 0 aliphatic heterocycles. The number of pyridine rings is 2. The van der Waals surface area contributed by atoms with E-state index in [2.05, 4.69) is 9.97 Å². The van der Waals surface area contributed by atoms with E-state index in [1.165, 1.54) is 6.20 Å². The molecule has 0 aliphatic carbocycles. The van der Waals surface area contributed by atoms with E-state index in [9.17, 15) is 0 Å². The van der Waals surface area contributed by atoms with Gasteiger partial charge in [-0.25, -0.2) is 4.98 Å². The van der Waals surface area contributed by atoms with Crippen LogP contribution in [0.15, 0.2) is 36.7 Å². The summed E-state index contributed by atoms with van der Waals surface area (Å²) in [4.78, 5) is 8.09. The largest absolute Gasteiger partial charge is 0.256 e. The van der Waals surface area contributed by atoms with Gasteiger partial charge in [-0.3, -0.25) is 4.98 Å². The summed E-state index contributed by atoms with van der Waals surface area (Å²) in [6.07, 6.45) is 3.12. The third kappa shape index (κ3) is 1.95. The molecule has 0 saturated carbocycles. The van der Waals surface area contributed by atoms with Crippen LogP contribution in [-0.4, -0.2) is 9.97 Å². The molecule has 0 unspecified atom stereocenters. The predicted molar refractivity (Wildman–Crippen MR) is 57.2 cm³/mol. The van der Waals surface area contributed by atoms with Crippen LogP contribution in [0.4, 0.5) is 0 Å². The zero-order chi connectivity index (χ0) is 10.7. The molecule has 0 bridgehead atoms. The molecule has 0 amide bonds. The van der Waals surface area contributed by atoms with E-state index in [1.807, 2.05) is 24.3 Å². The van der Waals surface area contributed by atoms with Gasteiger partial charge in [0.2, 0.25) is 0 Å². The van der Waals surface area contributed by atoms with Crippen molar-refractivity contribution in [2.75, 3.05) is 0 Å². The van der Waals surface area contributed by atoms with Gasteiger partial charge in [0.25, 0.3) is 0 Å². The topological polar surface area (TPSA) is 49.6 Å². The molecule has 2 heterocycles. The number of aromatic nitrogens is 2. The first kappa shape index (κ1) is 9.63. The number of nitriles is 1. The van der Waals surface area contributed by atoms with Crippen LogP contribution in [0.25, 0.3) is 11.3 Å². The normalized spacial score (nSPS) is 9.60. The van der Waals surface area contributed by atoms with Crippen molar-refractivity contribution in [2.24, 2.45) is 0 Å². The molecule has 2 aromatic rings. The van der Waals surface area contributed by atoms with Crippen LogP contribution < -0.4 is 0 Å². The maximum atomic E-state index is 8.89. The molecule has 0 radical (unpaired) electrons. The summed E-state index contributed by atoms with van der Waals surface area (Å²) < 4.78 is 0. The second-order valence-corrected chi connectivity index (χ2v) is 3.31. The molecular weight excluding hydrogens is 210 g/mol. The Balaban J connectivity index is 2.62. The van der Waals surface area contributed by atoms with Crippen LogP contribution in [0.3, 0.4) is 0 Å². The van der Waals surface area contributed by atoms with E-state index >= 15 is 0 Å². The van der Waals surface area contributed by atoms with E-state index in [4.69, 9.17) is 16.9 Å². The molecule has 0 fully saturated rings. The van der Waals surface area contributed by atoms with Crippen molar-refractivity contribution < 1.29 is 0 Å². The van der Waals surface area contributed by atoms with E-state index < -0.39 is 0 Å².